The number of aromatic nitrogens is 7. The number of ether oxygens (including phenoxy) is 3. The molecule has 0 bridgehead atoms. The molecule has 0 saturated heterocycles. The first-order chi connectivity index (χ1) is 17.7. The Hall–Kier alpha value is -3.55. The fraction of sp³-hybridized carbons (Fsp3) is 0.348. The Morgan fingerprint density at radius 2 is 1.68 bits per heavy atom. The molecule has 12 nitrogen and oxygen atoms in total. The predicted octanol–water partition coefficient (Wildman–Crippen LogP) is 2.82. The maximum absolute atomic E-state index is 13.7. The van der Waals surface area contributed by atoms with Gasteiger partial charge in [-0.25, -0.2) is 18.4 Å². The van der Waals surface area contributed by atoms with Crippen LogP contribution in [0.15, 0.2) is 42.9 Å². The average molecular weight is 548 g/mol. The average Bonchev–Trinajstić information content (AvgIpc) is 3.50. The van der Waals surface area contributed by atoms with Crippen LogP contribution in [0.5, 0.6) is 11.5 Å². The summed E-state index contributed by atoms with van der Waals surface area (Å²) in [6.45, 7) is 1.53. The minimum atomic E-state index is -3.88. The van der Waals surface area contributed by atoms with E-state index < -0.39 is 26.9 Å². The molecule has 0 fully saturated rings. The first kappa shape index (κ1) is 26.5. The largest absolute Gasteiger partial charge is 0.494 e. The summed E-state index contributed by atoms with van der Waals surface area (Å²) >= 11 is 5.89. The van der Waals surface area contributed by atoms with Gasteiger partial charge >= 0.3 is 0 Å². The smallest absolute Gasteiger partial charge is 0.189 e. The van der Waals surface area contributed by atoms with E-state index in [-0.39, 0.29) is 11.6 Å². The molecule has 3 heterocycles. The number of sulfone groups is 1. The highest BCUT2D eigenvalue weighted by Crippen LogP contribution is 2.37. The molecule has 0 amide bonds. The number of halogens is 1. The van der Waals surface area contributed by atoms with Crippen LogP contribution in [0.3, 0.4) is 0 Å². The van der Waals surface area contributed by atoms with Crippen LogP contribution in [0, 0.1) is 0 Å². The molecule has 0 aliphatic carbocycles. The summed E-state index contributed by atoms with van der Waals surface area (Å²) in [6, 6.07) is 6.99. The van der Waals surface area contributed by atoms with Crippen molar-refractivity contribution >= 4 is 21.4 Å². The molecule has 37 heavy (non-hydrogen) atoms. The highest BCUT2D eigenvalue weighted by atomic mass is 35.5. The van der Waals surface area contributed by atoms with Gasteiger partial charge in [-0.15, -0.1) is 10.2 Å². The zero-order valence-electron chi connectivity index (χ0n) is 20.9. The van der Waals surface area contributed by atoms with E-state index in [1.54, 1.807) is 46.8 Å². The molecule has 4 aromatic rings. The lowest BCUT2D eigenvalue weighted by molar-refractivity contribution is 0.0948. The standard InChI is InChI=1S/C23H26ClN7O5S/c1-14(21(36-5)22-25-11-15(24)12-26-22)37(32,33)13-19-27-28-23(16-9-10-30(2)29-16)31(19)20-17(34-3)7-6-8-18(20)35-4/h6-12,14,21H,13H2,1-5H3/t14-,21+/m1/s1. The Kier molecular flexibility index (Phi) is 7.76. The Bertz CT molecular complexity index is 1470. The minimum absolute atomic E-state index is 0.141. The number of benzene rings is 1. The van der Waals surface area contributed by atoms with Crippen molar-refractivity contribution in [2.75, 3.05) is 21.3 Å². The third-order valence-corrected chi connectivity index (χ3v) is 8.01. The molecule has 0 saturated carbocycles. The van der Waals surface area contributed by atoms with Gasteiger partial charge in [0.1, 0.15) is 34.7 Å². The van der Waals surface area contributed by atoms with E-state index in [4.69, 9.17) is 25.8 Å². The number of hydrogen-bond acceptors (Lipinski definition) is 10. The Morgan fingerprint density at radius 1 is 1.03 bits per heavy atom. The summed E-state index contributed by atoms with van der Waals surface area (Å²) in [5.74, 6) is 1.07. The normalized spacial score (nSPS) is 13.4. The second-order valence-electron chi connectivity index (χ2n) is 8.09. The van der Waals surface area contributed by atoms with Crippen LogP contribution in [0.25, 0.3) is 17.2 Å². The molecule has 0 aliphatic rings. The monoisotopic (exact) mass is 547 g/mol. The molecule has 14 heteroatoms. The van der Waals surface area contributed by atoms with Crippen LogP contribution >= 0.6 is 11.6 Å². The molecule has 0 aliphatic heterocycles. The van der Waals surface area contributed by atoms with E-state index in [1.807, 2.05) is 0 Å². The SMILES string of the molecule is COc1cccc(OC)c1-n1c(CS(=O)(=O)[C@H](C)[C@H](OC)c2ncc(Cl)cn2)nnc1-c1ccn(C)n1. The van der Waals surface area contributed by atoms with Crippen LogP contribution < -0.4 is 9.47 Å². The lowest BCUT2D eigenvalue weighted by Gasteiger charge is -2.22. The van der Waals surface area contributed by atoms with Crippen molar-refractivity contribution in [2.24, 2.45) is 7.05 Å². The molecule has 4 rings (SSSR count). The van der Waals surface area contributed by atoms with Crippen LogP contribution in [-0.4, -0.2) is 69.5 Å². The third kappa shape index (κ3) is 5.29. The van der Waals surface area contributed by atoms with Gasteiger partial charge in [0, 0.05) is 32.7 Å². The summed E-state index contributed by atoms with van der Waals surface area (Å²) in [5.41, 5.74) is 0.935. The molecule has 3 aromatic heterocycles. The zero-order valence-corrected chi connectivity index (χ0v) is 22.4. The van der Waals surface area contributed by atoms with Crippen LogP contribution in [0.4, 0.5) is 0 Å². The van der Waals surface area contributed by atoms with Crippen LogP contribution in [-0.2, 0) is 27.4 Å². The topological polar surface area (TPSA) is 136 Å². The molecule has 0 radical (unpaired) electrons. The van der Waals surface area contributed by atoms with Gasteiger partial charge in [0.2, 0.25) is 0 Å². The molecule has 0 unspecified atom stereocenters. The molecule has 1 aromatic carbocycles. The fourth-order valence-corrected chi connectivity index (χ4v) is 5.39. The molecule has 2 atom stereocenters. The lowest BCUT2D eigenvalue weighted by Crippen LogP contribution is -2.30. The van der Waals surface area contributed by atoms with E-state index in [2.05, 4.69) is 25.3 Å². The van der Waals surface area contributed by atoms with E-state index in [0.29, 0.717) is 33.7 Å². The van der Waals surface area contributed by atoms with Gasteiger partial charge in [-0.1, -0.05) is 17.7 Å². The van der Waals surface area contributed by atoms with Gasteiger partial charge in [-0.2, -0.15) is 5.10 Å². The van der Waals surface area contributed by atoms with Gasteiger partial charge < -0.3 is 14.2 Å². The summed E-state index contributed by atoms with van der Waals surface area (Å²) in [6.07, 6.45) is 3.59. The van der Waals surface area contributed by atoms with Crippen LogP contribution in [0.1, 0.15) is 24.7 Å². The fourth-order valence-electron chi connectivity index (χ4n) is 3.87. The van der Waals surface area contributed by atoms with Crippen molar-refractivity contribution in [1.29, 1.82) is 0 Å². The second-order valence-corrected chi connectivity index (χ2v) is 10.9. The molecule has 196 valence electrons. The highest BCUT2D eigenvalue weighted by Gasteiger charge is 2.35. The van der Waals surface area contributed by atoms with Crippen molar-refractivity contribution in [3.63, 3.8) is 0 Å². The second kappa shape index (κ2) is 10.8. The molecule has 0 spiro atoms. The number of hydrogen-bond donors (Lipinski definition) is 0. The Morgan fingerprint density at radius 3 is 2.22 bits per heavy atom. The molecule has 0 N–H and O–H groups in total. The van der Waals surface area contributed by atoms with Crippen LogP contribution in [0.2, 0.25) is 5.02 Å². The van der Waals surface area contributed by atoms with Crippen molar-refractivity contribution in [3.05, 3.63) is 59.5 Å². The number of nitrogens with zero attached hydrogens (tertiary/aromatic N) is 7. The molecular formula is C23H26ClN7O5S. The van der Waals surface area contributed by atoms with Gasteiger partial charge in [-0.3, -0.25) is 9.25 Å². The van der Waals surface area contributed by atoms with Crippen molar-refractivity contribution in [3.8, 4) is 28.7 Å². The molecular weight excluding hydrogens is 522 g/mol. The zero-order chi connectivity index (χ0) is 26.7. The Balaban J connectivity index is 1.82. The maximum Gasteiger partial charge on any atom is 0.189 e. The summed E-state index contributed by atoms with van der Waals surface area (Å²) in [7, 11) is 2.30. The van der Waals surface area contributed by atoms with Crippen molar-refractivity contribution in [2.45, 2.75) is 24.0 Å². The maximum atomic E-state index is 13.7. The van der Waals surface area contributed by atoms with Gasteiger partial charge in [-0.05, 0) is 25.1 Å². The van der Waals surface area contributed by atoms with Gasteiger partial charge in [0.25, 0.3) is 0 Å². The lowest BCUT2D eigenvalue weighted by atomic mass is 10.2. The first-order valence-electron chi connectivity index (χ1n) is 11.1. The summed E-state index contributed by atoms with van der Waals surface area (Å²) in [5, 5.41) is 12.3. The van der Waals surface area contributed by atoms with E-state index in [1.165, 1.54) is 40.6 Å². The number of methoxy groups -OCH3 is 3. The van der Waals surface area contributed by atoms with E-state index in [0.717, 1.165) is 0 Å². The predicted molar refractivity (Wildman–Crippen MR) is 136 cm³/mol. The number of rotatable bonds is 10. The van der Waals surface area contributed by atoms with E-state index >= 15 is 0 Å². The van der Waals surface area contributed by atoms with Crippen molar-refractivity contribution < 1.29 is 22.6 Å². The van der Waals surface area contributed by atoms with E-state index in [9.17, 15) is 8.42 Å². The number of para-hydroxylation sites is 1. The Labute approximate surface area is 219 Å². The van der Waals surface area contributed by atoms with Crippen molar-refractivity contribution in [1.82, 2.24) is 34.5 Å². The summed E-state index contributed by atoms with van der Waals surface area (Å²) < 4.78 is 47.2. The third-order valence-electron chi connectivity index (χ3n) is 5.77. The highest BCUT2D eigenvalue weighted by molar-refractivity contribution is 7.91. The first-order valence-corrected chi connectivity index (χ1v) is 13.2. The quantitative estimate of drug-likeness (QED) is 0.291. The van der Waals surface area contributed by atoms with Gasteiger partial charge in [0.15, 0.2) is 27.3 Å². The number of aryl methyl sites for hydroxylation is 1. The van der Waals surface area contributed by atoms with Gasteiger partial charge in [0.05, 0.1) is 24.5 Å². The summed E-state index contributed by atoms with van der Waals surface area (Å²) in [4.78, 5) is 8.28. The minimum Gasteiger partial charge on any atom is -0.494 e.